The topological polar surface area (TPSA) is 58.9 Å². The van der Waals surface area contributed by atoms with Gasteiger partial charge < -0.3 is 10.6 Å². The number of carbonyl (C=O) groups excluding carboxylic acids is 1. The molecule has 0 saturated carbocycles. The summed E-state index contributed by atoms with van der Waals surface area (Å²) in [5.74, 6) is -0.146. The van der Waals surface area contributed by atoms with Gasteiger partial charge in [-0.05, 0) is 24.2 Å². The highest BCUT2D eigenvalue weighted by Crippen LogP contribution is 2.11. The van der Waals surface area contributed by atoms with Crippen molar-refractivity contribution in [1.82, 2.24) is 15.1 Å². The highest BCUT2D eigenvalue weighted by Gasteiger charge is 2.07. The molecule has 2 aromatic rings. The molecule has 1 heterocycles. The molecule has 5 heteroatoms. The number of carbonyl (C=O) groups is 1. The van der Waals surface area contributed by atoms with Gasteiger partial charge in [0.2, 0.25) is 0 Å². The zero-order chi connectivity index (χ0) is 13.7. The zero-order valence-electron chi connectivity index (χ0n) is 11.2. The third-order valence-electron chi connectivity index (χ3n) is 2.76. The van der Waals surface area contributed by atoms with Crippen molar-refractivity contribution < 1.29 is 4.79 Å². The molecule has 0 aliphatic heterocycles. The first-order valence-corrected chi connectivity index (χ1v) is 6.28. The monoisotopic (exact) mass is 258 g/mol. The average Bonchev–Trinajstić information content (AvgIpc) is 2.85. The smallest absolute Gasteiger partial charge is 0.258 e. The van der Waals surface area contributed by atoms with Crippen LogP contribution in [0.15, 0.2) is 36.7 Å². The van der Waals surface area contributed by atoms with E-state index in [1.807, 2.05) is 24.3 Å². The van der Waals surface area contributed by atoms with Crippen LogP contribution in [0.3, 0.4) is 0 Å². The highest BCUT2D eigenvalue weighted by atomic mass is 16.1. The second-order valence-electron chi connectivity index (χ2n) is 4.33. The van der Waals surface area contributed by atoms with Gasteiger partial charge in [-0.2, -0.15) is 5.10 Å². The molecule has 0 aliphatic carbocycles. The molecule has 1 amide bonds. The van der Waals surface area contributed by atoms with Gasteiger partial charge in [-0.25, -0.2) is 0 Å². The van der Waals surface area contributed by atoms with Crippen LogP contribution in [0.4, 0.5) is 5.69 Å². The first-order chi connectivity index (χ1) is 9.19. The van der Waals surface area contributed by atoms with Crippen molar-refractivity contribution >= 4 is 11.6 Å². The maximum atomic E-state index is 11.9. The minimum Gasteiger partial charge on any atom is -0.322 e. The number of benzene rings is 1. The Kier molecular flexibility index (Phi) is 4.30. The lowest BCUT2D eigenvalue weighted by atomic mass is 10.2. The van der Waals surface area contributed by atoms with E-state index >= 15 is 0 Å². The lowest BCUT2D eigenvalue weighted by molar-refractivity contribution is 0.102. The van der Waals surface area contributed by atoms with Crippen molar-refractivity contribution in [2.24, 2.45) is 7.05 Å². The molecule has 0 atom stereocenters. The Hall–Kier alpha value is -2.14. The van der Waals surface area contributed by atoms with Crippen LogP contribution >= 0.6 is 0 Å². The number of hydrogen-bond donors (Lipinski definition) is 2. The Balaban J connectivity index is 1.97. The minimum absolute atomic E-state index is 0.146. The van der Waals surface area contributed by atoms with Gasteiger partial charge in [0, 0.05) is 25.5 Å². The van der Waals surface area contributed by atoms with E-state index in [0.29, 0.717) is 5.56 Å². The van der Waals surface area contributed by atoms with Gasteiger partial charge in [-0.15, -0.1) is 0 Å². The zero-order valence-corrected chi connectivity index (χ0v) is 11.2. The normalized spacial score (nSPS) is 10.4. The number of aromatic nitrogens is 2. The Morgan fingerprint density at radius 1 is 1.32 bits per heavy atom. The minimum atomic E-state index is -0.146. The van der Waals surface area contributed by atoms with Crippen LogP contribution < -0.4 is 10.6 Å². The molecular weight excluding hydrogens is 240 g/mol. The SMILES string of the molecule is CCNCc1ccc(NC(=O)c2cnn(C)c2)cc1. The second kappa shape index (κ2) is 6.15. The fraction of sp³-hybridized carbons (Fsp3) is 0.286. The number of aryl methyl sites for hydroxylation is 1. The third kappa shape index (κ3) is 3.66. The molecule has 0 spiro atoms. The number of anilines is 1. The van der Waals surface area contributed by atoms with Gasteiger partial charge in [0.1, 0.15) is 0 Å². The van der Waals surface area contributed by atoms with Crippen molar-refractivity contribution in [3.63, 3.8) is 0 Å². The lowest BCUT2D eigenvalue weighted by Crippen LogP contribution is -2.13. The Morgan fingerprint density at radius 2 is 2.05 bits per heavy atom. The first kappa shape index (κ1) is 13.3. The van der Waals surface area contributed by atoms with Gasteiger partial charge in [0.05, 0.1) is 11.8 Å². The molecule has 2 rings (SSSR count). The summed E-state index contributed by atoms with van der Waals surface area (Å²) in [5, 5.41) is 10.1. The molecule has 100 valence electrons. The third-order valence-corrected chi connectivity index (χ3v) is 2.76. The molecule has 0 aliphatic rings. The molecule has 0 radical (unpaired) electrons. The maximum Gasteiger partial charge on any atom is 0.258 e. The van der Waals surface area contributed by atoms with E-state index < -0.39 is 0 Å². The van der Waals surface area contributed by atoms with Gasteiger partial charge in [0.15, 0.2) is 0 Å². The summed E-state index contributed by atoms with van der Waals surface area (Å²) < 4.78 is 1.61. The van der Waals surface area contributed by atoms with E-state index in [2.05, 4.69) is 22.7 Å². The van der Waals surface area contributed by atoms with Crippen molar-refractivity contribution in [1.29, 1.82) is 0 Å². The van der Waals surface area contributed by atoms with Crippen LogP contribution in [0.25, 0.3) is 0 Å². The van der Waals surface area contributed by atoms with Crippen LogP contribution in [-0.4, -0.2) is 22.2 Å². The van der Waals surface area contributed by atoms with Crippen molar-refractivity contribution in [2.75, 3.05) is 11.9 Å². The van der Waals surface area contributed by atoms with Gasteiger partial charge >= 0.3 is 0 Å². The van der Waals surface area contributed by atoms with E-state index in [4.69, 9.17) is 0 Å². The Bertz CT molecular complexity index is 545. The average molecular weight is 258 g/mol. The molecule has 0 saturated heterocycles. The van der Waals surface area contributed by atoms with E-state index in [-0.39, 0.29) is 5.91 Å². The molecule has 2 N–H and O–H groups in total. The summed E-state index contributed by atoms with van der Waals surface area (Å²) in [6.07, 6.45) is 3.24. The summed E-state index contributed by atoms with van der Waals surface area (Å²) in [6.45, 7) is 3.86. The molecule has 1 aromatic heterocycles. The van der Waals surface area contributed by atoms with E-state index in [9.17, 15) is 4.79 Å². The van der Waals surface area contributed by atoms with Crippen molar-refractivity contribution in [3.8, 4) is 0 Å². The van der Waals surface area contributed by atoms with E-state index in [1.165, 1.54) is 5.56 Å². The number of rotatable bonds is 5. The summed E-state index contributed by atoms with van der Waals surface area (Å²) >= 11 is 0. The molecule has 0 fully saturated rings. The van der Waals surface area contributed by atoms with Crippen molar-refractivity contribution in [2.45, 2.75) is 13.5 Å². The molecule has 0 unspecified atom stereocenters. The van der Waals surface area contributed by atoms with Crippen LogP contribution in [0.1, 0.15) is 22.8 Å². The Labute approximate surface area is 112 Å². The van der Waals surface area contributed by atoms with Crippen molar-refractivity contribution in [3.05, 3.63) is 47.8 Å². The molecule has 5 nitrogen and oxygen atoms in total. The largest absolute Gasteiger partial charge is 0.322 e. The number of amides is 1. The number of nitrogens with zero attached hydrogens (tertiary/aromatic N) is 2. The van der Waals surface area contributed by atoms with Crippen LogP contribution in [0.2, 0.25) is 0 Å². The second-order valence-corrected chi connectivity index (χ2v) is 4.33. The van der Waals surface area contributed by atoms with Crippen LogP contribution in [-0.2, 0) is 13.6 Å². The standard InChI is InChI=1S/C14H18N4O/c1-3-15-8-11-4-6-13(7-5-11)17-14(19)12-9-16-18(2)10-12/h4-7,9-10,15H,3,8H2,1-2H3,(H,17,19). The molecular formula is C14H18N4O. The predicted molar refractivity (Wildman–Crippen MR) is 75.0 cm³/mol. The first-order valence-electron chi connectivity index (χ1n) is 6.28. The van der Waals surface area contributed by atoms with Gasteiger partial charge in [-0.1, -0.05) is 19.1 Å². The van der Waals surface area contributed by atoms with Crippen LogP contribution in [0.5, 0.6) is 0 Å². The highest BCUT2D eigenvalue weighted by molar-refractivity contribution is 6.03. The maximum absolute atomic E-state index is 11.9. The number of nitrogens with one attached hydrogen (secondary N) is 2. The lowest BCUT2D eigenvalue weighted by Gasteiger charge is -2.06. The summed E-state index contributed by atoms with van der Waals surface area (Å²) in [7, 11) is 1.78. The van der Waals surface area contributed by atoms with E-state index in [0.717, 1.165) is 18.8 Å². The van der Waals surface area contributed by atoms with Gasteiger partial charge in [0.25, 0.3) is 5.91 Å². The molecule has 19 heavy (non-hydrogen) atoms. The summed E-state index contributed by atoms with van der Waals surface area (Å²) in [4.78, 5) is 11.9. The number of hydrogen-bond acceptors (Lipinski definition) is 3. The fourth-order valence-corrected chi connectivity index (χ4v) is 1.72. The molecule has 1 aromatic carbocycles. The fourth-order valence-electron chi connectivity index (χ4n) is 1.72. The predicted octanol–water partition coefficient (Wildman–Crippen LogP) is 1.78. The van der Waals surface area contributed by atoms with E-state index in [1.54, 1.807) is 24.1 Å². The Morgan fingerprint density at radius 3 is 2.63 bits per heavy atom. The molecule has 0 bridgehead atoms. The van der Waals surface area contributed by atoms with Crippen LogP contribution in [0, 0.1) is 0 Å². The summed E-state index contributed by atoms with van der Waals surface area (Å²) in [5.41, 5.74) is 2.54. The quantitative estimate of drug-likeness (QED) is 0.859. The summed E-state index contributed by atoms with van der Waals surface area (Å²) in [6, 6.07) is 7.81. The van der Waals surface area contributed by atoms with Gasteiger partial charge in [-0.3, -0.25) is 9.48 Å².